The van der Waals surface area contributed by atoms with Gasteiger partial charge < -0.3 is 9.80 Å². The number of nitrogens with zero attached hydrogens (tertiary/aromatic N) is 2. The van der Waals surface area contributed by atoms with Gasteiger partial charge in [0.25, 0.3) is 0 Å². The van der Waals surface area contributed by atoms with Gasteiger partial charge >= 0.3 is 0 Å². The monoisotopic (exact) mass is 268 g/mol. The lowest BCUT2D eigenvalue weighted by Crippen LogP contribution is -2.40. The van der Waals surface area contributed by atoms with Crippen LogP contribution in [0.2, 0.25) is 0 Å². The largest absolute Gasteiger partial charge is 0.368 e. The van der Waals surface area contributed by atoms with Crippen molar-refractivity contribution >= 4 is 17.3 Å². The molecule has 1 unspecified atom stereocenters. The molecular weight excluding hydrogens is 244 g/mol. The molecule has 2 nitrogen and oxygen atoms in total. The van der Waals surface area contributed by atoms with Gasteiger partial charge in [0, 0.05) is 30.7 Å². The van der Waals surface area contributed by atoms with E-state index in [1.165, 1.54) is 16.8 Å². The van der Waals surface area contributed by atoms with Crippen LogP contribution in [0, 0.1) is 6.92 Å². The van der Waals surface area contributed by atoms with Crippen LogP contribution in [0.25, 0.3) is 0 Å². The predicted octanol–water partition coefficient (Wildman–Crippen LogP) is 3.51. The zero-order chi connectivity index (χ0) is 13.7. The summed E-state index contributed by atoms with van der Waals surface area (Å²) in [6, 6.07) is 7.03. The van der Waals surface area contributed by atoms with Crippen molar-refractivity contribution in [1.29, 1.82) is 0 Å². The first-order chi connectivity index (χ1) is 8.49. The smallest absolute Gasteiger partial charge is 0.0494 e. The van der Waals surface area contributed by atoms with Crippen LogP contribution in [0.5, 0.6) is 0 Å². The number of anilines is 1. The molecule has 0 N–H and O–H groups in total. The highest BCUT2D eigenvalue weighted by Crippen LogP contribution is 2.25. The van der Waals surface area contributed by atoms with Crippen LogP contribution in [-0.4, -0.2) is 38.1 Å². The number of likely N-dealkylation sites (N-methyl/N-ethyl adjacent to an activating group) is 2. The number of alkyl halides is 1. The third kappa shape index (κ3) is 3.89. The summed E-state index contributed by atoms with van der Waals surface area (Å²) in [5.74, 6) is 0.572. The lowest BCUT2D eigenvalue weighted by molar-refractivity contribution is 0.373. The fourth-order valence-electron chi connectivity index (χ4n) is 2.45. The Morgan fingerprint density at radius 1 is 1.28 bits per heavy atom. The second kappa shape index (κ2) is 7.01. The van der Waals surface area contributed by atoms with Crippen LogP contribution in [0.15, 0.2) is 18.2 Å². The number of benzene rings is 1. The summed E-state index contributed by atoms with van der Waals surface area (Å²) in [6.07, 6.45) is 0. The number of hydrogen-bond acceptors (Lipinski definition) is 2. The highest BCUT2D eigenvalue weighted by molar-refractivity contribution is 6.17. The Kier molecular flexibility index (Phi) is 5.97. The minimum absolute atomic E-state index is 0.481. The molecule has 0 bridgehead atoms. The van der Waals surface area contributed by atoms with Gasteiger partial charge in [-0.15, -0.1) is 11.6 Å². The van der Waals surface area contributed by atoms with Crippen molar-refractivity contribution in [3.63, 3.8) is 0 Å². The summed E-state index contributed by atoms with van der Waals surface area (Å²) in [4.78, 5) is 4.65. The molecule has 0 aromatic heterocycles. The average Bonchev–Trinajstić information content (AvgIpc) is 2.30. The van der Waals surface area contributed by atoms with Crippen LogP contribution >= 0.6 is 11.6 Å². The van der Waals surface area contributed by atoms with Gasteiger partial charge in [0.2, 0.25) is 0 Å². The molecule has 0 heterocycles. The minimum atomic E-state index is 0.481. The van der Waals surface area contributed by atoms with Crippen LogP contribution in [0.4, 0.5) is 5.69 Å². The molecule has 1 atom stereocenters. The van der Waals surface area contributed by atoms with Gasteiger partial charge in [-0.05, 0) is 46.5 Å². The van der Waals surface area contributed by atoms with E-state index >= 15 is 0 Å². The third-order valence-electron chi connectivity index (χ3n) is 3.19. The maximum atomic E-state index is 6.08. The molecule has 1 rings (SSSR count). The van der Waals surface area contributed by atoms with E-state index in [1.54, 1.807) is 0 Å². The number of hydrogen-bond donors (Lipinski definition) is 0. The summed E-state index contributed by atoms with van der Waals surface area (Å²) >= 11 is 6.08. The molecule has 102 valence electrons. The van der Waals surface area contributed by atoms with Crippen molar-refractivity contribution in [2.75, 3.05) is 32.1 Å². The SMILES string of the molecule is CCN(c1ccc(C)cc1CCl)C(C)CN(C)C. The summed E-state index contributed by atoms with van der Waals surface area (Å²) in [5, 5.41) is 0. The molecule has 0 radical (unpaired) electrons. The Morgan fingerprint density at radius 3 is 2.44 bits per heavy atom. The molecule has 3 heteroatoms. The van der Waals surface area contributed by atoms with Crippen LogP contribution in [0.3, 0.4) is 0 Å². The fraction of sp³-hybridized carbons (Fsp3) is 0.600. The second-order valence-corrected chi connectivity index (χ2v) is 5.43. The molecule has 1 aromatic rings. The van der Waals surface area contributed by atoms with Gasteiger partial charge in [-0.25, -0.2) is 0 Å². The van der Waals surface area contributed by atoms with E-state index in [-0.39, 0.29) is 0 Å². The maximum Gasteiger partial charge on any atom is 0.0494 e. The zero-order valence-corrected chi connectivity index (χ0v) is 13.0. The number of aryl methyl sites for hydroxylation is 1. The Balaban J connectivity index is 3.00. The molecular formula is C15H25ClN2. The number of rotatable bonds is 6. The fourth-order valence-corrected chi connectivity index (χ4v) is 2.66. The lowest BCUT2D eigenvalue weighted by Gasteiger charge is -2.33. The molecule has 0 spiro atoms. The average molecular weight is 269 g/mol. The van der Waals surface area contributed by atoms with Crippen molar-refractivity contribution < 1.29 is 0 Å². The first kappa shape index (κ1) is 15.3. The quantitative estimate of drug-likeness (QED) is 0.729. The standard InChI is InChI=1S/C15H25ClN2/c1-6-18(13(3)11-17(4)5)15-8-7-12(2)9-14(15)10-16/h7-9,13H,6,10-11H2,1-5H3. The van der Waals surface area contributed by atoms with Crippen LogP contribution in [0.1, 0.15) is 25.0 Å². The number of halogens is 1. The summed E-state index contributed by atoms with van der Waals surface area (Å²) in [7, 11) is 4.23. The highest BCUT2D eigenvalue weighted by Gasteiger charge is 2.16. The molecule has 1 aromatic carbocycles. The van der Waals surface area contributed by atoms with Gasteiger partial charge in [-0.2, -0.15) is 0 Å². The van der Waals surface area contributed by atoms with E-state index in [1.807, 2.05) is 0 Å². The molecule has 0 amide bonds. The maximum absolute atomic E-state index is 6.08. The third-order valence-corrected chi connectivity index (χ3v) is 3.48. The van der Waals surface area contributed by atoms with Gasteiger partial charge in [0.15, 0.2) is 0 Å². The zero-order valence-electron chi connectivity index (χ0n) is 12.2. The first-order valence-electron chi connectivity index (χ1n) is 6.56. The summed E-state index contributed by atoms with van der Waals surface area (Å²) < 4.78 is 0. The van der Waals surface area contributed by atoms with Gasteiger partial charge in [-0.1, -0.05) is 17.7 Å². The van der Waals surface area contributed by atoms with E-state index in [0.29, 0.717) is 11.9 Å². The summed E-state index contributed by atoms with van der Waals surface area (Å²) in [6.45, 7) is 8.62. The molecule has 0 aliphatic carbocycles. The van der Waals surface area contributed by atoms with Crippen molar-refractivity contribution in [3.8, 4) is 0 Å². The van der Waals surface area contributed by atoms with Gasteiger partial charge in [0.05, 0.1) is 0 Å². The predicted molar refractivity (Wildman–Crippen MR) is 81.8 cm³/mol. The summed E-state index contributed by atoms with van der Waals surface area (Å²) in [5.41, 5.74) is 3.77. The topological polar surface area (TPSA) is 6.48 Å². The molecule has 18 heavy (non-hydrogen) atoms. The van der Waals surface area contributed by atoms with Crippen molar-refractivity contribution in [3.05, 3.63) is 29.3 Å². The minimum Gasteiger partial charge on any atom is -0.368 e. The van der Waals surface area contributed by atoms with Crippen LogP contribution in [-0.2, 0) is 5.88 Å². The normalized spacial score (nSPS) is 12.8. The van der Waals surface area contributed by atoms with Crippen molar-refractivity contribution in [1.82, 2.24) is 4.90 Å². The van der Waals surface area contributed by atoms with E-state index in [0.717, 1.165) is 13.1 Å². The van der Waals surface area contributed by atoms with Gasteiger partial charge in [-0.3, -0.25) is 0 Å². The lowest BCUT2D eigenvalue weighted by atomic mass is 10.1. The molecule has 0 saturated carbocycles. The molecule has 0 fully saturated rings. The Morgan fingerprint density at radius 2 is 1.94 bits per heavy atom. The van der Waals surface area contributed by atoms with E-state index < -0.39 is 0 Å². The highest BCUT2D eigenvalue weighted by atomic mass is 35.5. The van der Waals surface area contributed by atoms with E-state index in [4.69, 9.17) is 11.6 Å². The van der Waals surface area contributed by atoms with Gasteiger partial charge in [0.1, 0.15) is 0 Å². The second-order valence-electron chi connectivity index (χ2n) is 5.16. The first-order valence-corrected chi connectivity index (χ1v) is 7.09. The van der Waals surface area contributed by atoms with E-state index in [9.17, 15) is 0 Å². The Labute approximate surface area is 117 Å². The molecule has 0 aliphatic rings. The Hall–Kier alpha value is -0.730. The van der Waals surface area contributed by atoms with Crippen molar-refractivity contribution in [2.45, 2.75) is 32.7 Å². The Bertz CT molecular complexity index is 377. The molecule has 0 aliphatic heterocycles. The van der Waals surface area contributed by atoms with Crippen LogP contribution < -0.4 is 4.90 Å². The van der Waals surface area contributed by atoms with E-state index in [2.05, 4.69) is 62.9 Å². The molecule has 0 saturated heterocycles. The van der Waals surface area contributed by atoms with Crippen molar-refractivity contribution in [2.24, 2.45) is 0 Å².